The molecule has 0 radical (unpaired) electrons. The highest BCUT2D eigenvalue weighted by molar-refractivity contribution is 6.33. The van der Waals surface area contributed by atoms with Gasteiger partial charge in [0.1, 0.15) is 17.0 Å². The molecule has 2 N–H and O–H groups in total. The van der Waals surface area contributed by atoms with Gasteiger partial charge in [0.2, 0.25) is 0 Å². The molecule has 2 aromatic rings. The molecule has 0 fully saturated rings. The first-order valence-corrected chi connectivity index (χ1v) is 9.63. The number of carbonyl (C=O) groups is 2. The van der Waals surface area contributed by atoms with E-state index in [-0.39, 0.29) is 25.1 Å². The van der Waals surface area contributed by atoms with Gasteiger partial charge in [-0.05, 0) is 32.3 Å². The lowest BCUT2D eigenvalue weighted by Crippen LogP contribution is -2.44. The van der Waals surface area contributed by atoms with Crippen LogP contribution in [0, 0.1) is 12.8 Å². The summed E-state index contributed by atoms with van der Waals surface area (Å²) < 4.78 is 10.2. The average Bonchev–Trinajstić information content (AvgIpc) is 3.01. The van der Waals surface area contributed by atoms with Crippen LogP contribution in [0.5, 0.6) is 0 Å². The zero-order valence-corrected chi connectivity index (χ0v) is 17.3. The van der Waals surface area contributed by atoms with Gasteiger partial charge in [0.15, 0.2) is 0 Å². The number of halogens is 1. The minimum atomic E-state index is -0.500. The molecule has 0 aliphatic carbocycles. The fraction of sp³-hybridized carbons (Fsp3) is 0.450. The second-order valence-electron chi connectivity index (χ2n) is 6.84. The Morgan fingerprint density at radius 1 is 1.29 bits per heavy atom. The van der Waals surface area contributed by atoms with E-state index in [0.717, 1.165) is 0 Å². The Labute approximate surface area is 169 Å². The summed E-state index contributed by atoms with van der Waals surface area (Å²) in [6.45, 7) is 8.03. The molecule has 7 nitrogen and oxygen atoms in total. The lowest BCUT2D eigenvalue weighted by Gasteiger charge is -2.20. The number of ether oxygens (including phenoxy) is 1. The van der Waals surface area contributed by atoms with Crippen molar-refractivity contribution < 1.29 is 18.8 Å². The second-order valence-corrected chi connectivity index (χ2v) is 7.25. The number of nitrogens with zero attached hydrogens (tertiary/aromatic N) is 1. The van der Waals surface area contributed by atoms with Gasteiger partial charge in [-0.2, -0.15) is 0 Å². The maximum absolute atomic E-state index is 12.8. The summed E-state index contributed by atoms with van der Waals surface area (Å²) >= 11 is 6.24. The highest BCUT2D eigenvalue weighted by Gasteiger charge is 2.24. The van der Waals surface area contributed by atoms with E-state index < -0.39 is 6.09 Å². The van der Waals surface area contributed by atoms with Gasteiger partial charge >= 0.3 is 6.09 Å². The normalized spacial score (nSPS) is 11.9. The van der Waals surface area contributed by atoms with E-state index in [1.54, 1.807) is 32.0 Å². The molecule has 0 aliphatic rings. The van der Waals surface area contributed by atoms with Gasteiger partial charge in [0, 0.05) is 18.2 Å². The predicted octanol–water partition coefficient (Wildman–Crippen LogP) is 4.19. The fourth-order valence-electron chi connectivity index (χ4n) is 2.88. The van der Waals surface area contributed by atoms with Gasteiger partial charge < -0.3 is 19.9 Å². The van der Waals surface area contributed by atoms with Crippen molar-refractivity contribution in [2.24, 2.45) is 5.92 Å². The van der Waals surface area contributed by atoms with E-state index in [1.807, 2.05) is 19.9 Å². The summed E-state index contributed by atoms with van der Waals surface area (Å²) in [5, 5.41) is 10.1. The van der Waals surface area contributed by atoms with Crippen LogP contribution in [0.15, 0.2) is 28.8 Å². The molecule has 0 bridgehead atoms. The first kappa shape index (κ1) is 21.8. The Bertz CT molecular complexity index is 820. The number of hydrogen-bond donors (Lipinski definition) is 2. The molecule has 1 unspecified atom stereocenters. The monoisotopic (exact) mass is 407 g/mol. The summed E-state index contributed by atoms with van der Waals surface area (Å²) in [4.78, 5) is 24.6. The Morgan fingerprint density at radius 3 is 2.64 bits per heavy atom. The molecule has 0 saturated heterocycles. The number of benzene rings is 1. The summed E-state index contributed by atoms with van der Waals surface area (Å²) in [5.41, 5.74) is 1.33. The quantitative estimate of drug-likeness (QED) is 0.684. The number of aryl methyl sites for hydroxylation is 1. The standard InChI is InChI=1S/C20H26ClN3O4/c1-5-27-20(26)23-14(10-12(2)3)11-22-19(25)17-13(4)28-24-18(17)15-8-6-7-9-16(15)21/h6-9,12,14H,5,10-11H2,1-4H3,(H,22,25)(H,23,26). The average molecular weight is 408 g/mol. The number of hydrogen-bond acceptors (Lipinski definition) is 5. The van der Waals surface area contributed by atoms with Crippen molar-refractivity contribution in [3.8, 4) is 11.3 Å². The number of amides is 2. The molecule has 2 rings (SSSR count). The molecule has 0 spiro atoms. The van der Waals surface area contributed by atoms with Gasteiger partial charge in [0.05, 0.1) is 11.6 Å². The van der Waals surface area contributed by atoms with Crippen LogP contribution in [0.1, 0.15) is 43.3 Å². The molecule has 1 aromatic carbocycles. The molecule has 1 aromatic heterocycles. The van der Waals surface area contributed by atoms with Crippen molar-refractivity contribution in [1.82, 2.24) is 15.8 Å². The van der Waals surface area contributed by atoms with Gasteiger partial charge in [-0.3, -0.25) is 4.79 Å². The van der Waals surface area contributed by atoms with Crippen LogP contribution in [0.2, 0.25) is 5.02 Å². The molecule has 152 valence electrons. The van der Waals surface area contributed by atoms with E-state index in [0.29, 0.717) is 39.9 Å². The second kappa shape index (κ2) is 10.1. The Balaban J connectivity index is 2.14. The van der Waals surface area contributed by atoms with E-state index in [1.165, 1.54) is 0 Å². The Kier molecular flexibility index (Phi) is 7.87. The third-order valence-corrected chi connectivity index (χ3v) is 4.41. The lowest BCUT2D eigenvalue weighted by atomic mass is 10.0. The lowest BCUT2D eigenvalue weighted by molar-refractivity contribution is 0.0943. The number of aromatic nitrogens is 1. The van der Waals surface area contributed by atoms with E-state index >= 15 is 0 Å². The SMILES string of the molecule is CCOC(=O)NC(CNC(=O)c1c(-c2ccccc2Cl)noc1C)CC(C)C. The minimum absolute atomic E-state index is 0.252. The fourth-order valence-corrected chi connectivity index (χ4v) is 3.11. The van der Waals surface area contributed by atoms with Crippen molar-refractivity contribution in [1.29, 1.82) is 0 Å². The van der Waals surface area contributed by atoms with E-state index in [9.17, 15) is 9.59 Å². The Morgan fingerprint density at radius 2 is 2.00 bits per heavy atom. The van der Waals surface area contributed by atoms with Crippen LogP contribution >= 0.6 is 11.6 Å². The third kappa shape index (κ3) is 5.73. The smallest absolute Gasteiger partial charge is 0.407 e. The number of nitrogens with one attached hydrogen (secondary N) is 2. The maximum Gasteiger partial charge on any atom is 0.407 e. The molecule has 1 atom stereocenters. The van der Waals surface area contributed by atoms with Crippen molar-refractivity contribution in [2.45, 2.75) is 40.2 Å². The number of alkyl carbamates (subject to hydrolysis) is 1. The highest BCUT2D eigenvalue weighted by atomic mass is 35.5. The third-order valence-electron chi connectivity index (χ3n) is 4.08. The van der Waals surface area contributed by atoms with Crippen molar-refractivity contribution in [2.75, 3.05) is 13.2 Å². The first-order chi connectivity index (χ1) is 13.3. The molecule has 0 saturated carbocycles. The molecular formula is C20H26ClN3O4. The molecular weight excluding hydrogens is 382 g/mol. The van der Waals surface area contributed by atoms with Crippen LogP contribution < -0.4 is 10.6 Å². The van der Waals surface area contributed by atoms with Crippen molar-refractivity contribution in [3.63, 3.8) is 0 Å². The summed E-state index contributed by atoms with van der Waals surface area (Å²) in [6.07, 6.45) is 0.194. The van der Waals surface area contributed by atoms with Crippen LogP contribution in [-0.2, 0) is 4.74 Å². The zero-order valence-electron chi connectivity index (χ0n) is 16.5. The van der Waals surface area contributed by atoms with Gasteiger partial charge in [-0.15, -0.1) is 0 Å². The summed E-state index contributed by atoms with van der Waals surface area (Å²) in [6, 6.07) is 6.86. The highest BCUT2D eigenvalue weighted by Crippen LogP contribution is 2.30. The van der Waals surface area contributed by atoms with Crippen molar-refractivity contribution >= 4 is 23.6 Å². The molecule has 0 aliphatic heterocycles. The first-order valence-electron chi connectivity index (χ1n) is 9.26. The van der Waals surface area contributed by atoms with Crippen molar-refractivity contribution in [3.05, 3.63) is 40.6 Å². The zero-order chi connectivity index (χ0) is 20.7. The maximum atomic E-state index is 12.8. The van der Waals surface area contributed by atoms with E-state index in [4.69, 9.17) is 20.9 Å². The minimum Gasteiger partial charge on any atom is -0.450 e. The van der Waals surface area contributed by atoms with E-state index in [2.05, 4.69) is 15.8 Å². The summed E-state index contributed by atoms with van der Waals surface area (Å²) in [5.74, 6) is 0.388. The van der Waals surface area contributed by atoms with Gasteiger partial charge in [-0.1, -0.05) is 48.8 Å². The van der Waals surface area contributed by atoms with Gasteiger partial charge in [-0.25, -0.2) is 4.79 Å². The number of rotatable bonds is 8. The predicted molar refractivity (Wildman–Crippen MR) is 107 cm³/mol. The topological polar surface area (TPSA) is 93.5 Å². The molecule has 28 heavy (non-hydrogen) atoms. The number of carbonyl (C=O) groups excluding carboxylic acids is 2. The Hall–Kier alpha value is -2.54. The largest absolute Gasteiger partial charge is 0.450 e. The molecule has 8 heteroatoms. The molecule has 1 heterocycles. The van der Waals surface area contributed by atoms with Crippen LogP contribution in [-0.4, -0.2) is 36.4 Å². The van der Waals surface area contributed by atoms with Crippen LogP contribution in [0.4, 0.5) is 4.79 Å². The van der Waals surface area contributed by atoms with Gasteiger partial charge in [0.25, 0.3) is 5.91 Å². The van der Waals surface area contributed by atoms with Crippen LogP contribution in [0.3, 0.4) is 0 Å². The van der Waals surface area contributed by atoms with Crippen LogP contribution in [0.25, 0.3) is 11.3 Å². The molecule has 2 amide bonds. The summed E-state index contributed by atoms with van der Waals surface area (Å²) in [7, 11) is 0.